The number of nitrogens with zero attached hydrogens (tertiary/aromatic N) is 2. The third-order valence-electron chi connectivity index (χ3n) is 2.41. The first-order valence-corrected chi connectivity index (χ1v) is 5.46. The van der Waals surface area contributed by atoms with Crippen molar-refractivity contribution in [1.82, 2.24) is 15.3 Å². The molecule has 5 nitrogen and oxygen atoms in total. The predicted molar refractivity (Wildman–Crippen MR) is 58.0 cm³/mol. The summed E-state index contributed by atoms with van der Waals surface area (Å²) in [6.07, 6.45) is 3.28. The first-order chi connectivity index (χ1) is 7.66. The molecule has 0 aromatic carbocycles. The normalized spacial score (nSPS) is 16.9. The van der Waals surface area contributed by atoms with Gasteiger partial charge in [-0.05, 0) is 25.8 Å². The van der Waals surface area contributed by atoms with Gasteiger partial charge in [0.2, 0.25) is 0 Å². The molecule has 16 heavy (non-hydrogen) atoms. The van der Waals surface area contributed by atoms with E-state index in [0.29, 0.717) is 11.6 Å². The molecule has 1 heterocycles. The smallest absolute Gasteiger partial charge is 0.270 e. The van der Waals surface area contributed by atoms with E-state index >= 15 is 0 Å². The SMILES string of the molecule is CC(O)CNC(=O)c1ccnc(C2CC2)n1. The molecule has 0 saturated heterocycles. The topological polar surface area (TPSA) is 75.1 Å². The van der Waals surface area contributed by atoms with Crippen molar-refractivity contribution in [2.75, 3.05) is 6.54 Å². The number of rotatable bonds is 4. The maximum absolute atomic E-state index is 11.6. The molecule has 1 aromatic rings. The Balaban J connectivity index is 2.01. The Hall–Kier alpha value is -1.49. The zero-order chi connectivity index (χ0) is 11.5. The van der Waals surface area contributed by atoms with E-state index in [2.05, 4.69) is 15.3 Å². The van der Waals surface area contributed by atoms with Gasteiger partial charge in [0, 0.05) is 18.7 Å². The van der Waals surface area contributed by atoms with Crippen LogP contribution in [0, 0.1) is 0 Å². The van der Waals surface area contributed by atoms with Crippen molar-refractivity contribution in [2.45, 2.75) is 31.8 Å². The van der Waals surface area contributed by atoms with E-state index in [-0.39, 0.29) is 12.5 Å². The highest BCUT2D eigenvalue weighted by Gasteiger charge is 2.27. The van der Waals surface area contributed by atoms with E-state index in [0.717, 1.165) is 18.7 Å². The number of hydrogen-bond acceptors (Lipinski definition) is 4. The standard InChI is InChI=1S/C11H15N3O2/c1-7(15)6-13-11(16)9-4-5-12-10(14-9)8-2-3-8/h4-5,7-8,15H,2-3,6H2,1H3,(H,13,16). The second-order valence-corrected chi connectivity index (χ2v) is 4.13. The number of aliphatic hydroxyl groups excluding tert-OH is 1. The molecule has 1 fully saturated rings. The molecule has 1 saturated carbocycles. The van der Waals surface area contributed by atoms with Crippen LogP contribution in [0.4, 0.5) is 0 Å². The Morgan fingerprint density at radius 2 is 2.44 bits per heavy atom. The Morgan fingerprint density at radius 3 is 3.06 bits per heavy atom. The van der Waals surface area contributed by atoms with Crippen molar-refractivity contribution in [1.29, 1.82) is 0 Å². The van der Waals surface area contributed by atoms with Crippen LogP contribution in [0.2, 0.25) is 0 Å². The number of amides is 1. The van der Waals surface area contributed by atoms with Crippen LogP contribution in [0.25, 0.3) is 0 Å². The van der Waals surface area contributed by atoms with Crippen LogP contribution >= 0.6 is 0 Å². The highest BCUT2D eigenvalue weighted by atomic mass is 16.3. The molecule has 1 aromatic heterocycles. The Bertz CT molecular complexity index is 389. The van der Waals surface area contributed by atoms with Gasteiger partial charge < -0.3 is 10.4 Å². The fourth-order valence-corrected chi connectivity index (χ4v) is 1.37. The van der Waals surface area contributed by atoms with Gasteiger partial charge in [-0.1, -0.05) is 0 Å². The monoisotopic (exact) mass is 221 g/mol. The third kappa shape index (κ3) is 2.76. The summed E-state index contributed by atoms with van der Waals surface area (Å²) >= 11 is 0. The summed E-state index contributed by atoms with van der Waals surface area (Å²) in [6, 6.07) is 1.59. The lowest BCUT2D eigenvalue weighted by Crippen LogP contribution is -2.31. The molecule has 5 heteroatoms. The lowest BCUT2D eigenvalue weighted by atomic mass is 10.3. The fourth-order valence-electron chi connectivity index (χ4n) is 1.37. The molecule has 1 amide bonds. The molecule has 2 N–H and O–H groups in total. The molecule has 0 bridgehead atoms. The summed E-state index contributed by atoms with van der Waals surface area (Å²) < 4.78 is 0. The first-order valence-electron chi connectivity index (χ1n) is 5.46. The second kappa shape index (κ2) is 4.57. The molecule has 0 spiro atoms. The molecular weight excluding hydrogens is 206 g/mol. The minimum Gasteiger partial charge on any atom is -0.392 e. The molecular formula is C11H15N3O2. The predicted octanol–water partition coefficient (Wildman–Crippen LogP) is 0.465. The van der Waals surface area contributed by atoms with Gasteiger partial charge in [-0.25, -0.2) is 9.97 Å². The molecule has 1 unspecified atom stereocenters. The summed E-state index contributed by atoms with van der Waals surface area (Å²) in [5.41, 5.74) is 0.373. The van der Waals surface area contributed by atoms with Crippen molar-refractivity contribution < 1.29 is 9.90 Å². The number of nitrogens with one attached hydrogen (secondary N) is 1. The van der Waals surface area contributed by atoms with Crippen molar-refractivity contribution >= 4 is 5.91 Å². The quantitative estimate of drug-likeness (QED) is 0.774. The summed E-state index contributed by atoms with van der Waals surface area (Å²) in [6.45, 7) is 1.86. The molecule has 1 atom stereocenters. The molecule has 0 aliphatic heterocycles. The van der Waals surface area contributed by atoms with Crippen molar-refractivity contribution in [3.8, 4) is 0 Å². The molecule has 2 rings (SSSR count). The van der Waals surface area contributed by atoms with Gasteiger partial charge in [0.1, 0.15) is 11.5 Å². The van der Waals surface area contributed by atoms with Gasteiger partial charge in [0.05, 0.1) is 6.10 Å². The average Bonchev–Trinajstić information content (AvgIpc) is 3.10. The van der Waals surface area contributed by atoms with Crippen LogP contribution in [-0.2, 0) is 0 Å². The number of aliphatic hydroxyl groups is 1. The van der Waals surface area contributed by atoms with Crippen LogP contribution in [0.15, 0.2) is 12.3 Å². The Labute approximate surface area is 93.9 Å². The van der Waals surface area contributed by atoms with Gasteiger partial charge in [0.25, 0.3) is 5.91 Å². The molecule has 1 aliphatic carbocycles. The van der Waals surface area contributed by atoms with E-state index in [1.165, 1.54) is 0 Å². The summed E-state index contributed by atoms with van der Waals surface area (Å²) in [7, 11) is 0. The van der Waals surface area contributed by atoms with Crippen LogP contribution in [0.1, 0.15) is 42.0 Å². The Kier molecular flexibility index (Phi) is 3.14. The molecule has 1 aliphatic rings. The minimum atomic E-state index is -0.548. The number of carbonyl (C=O) groups excluding carboxylic acids is 1. The number of hydrogen-bond donors (Lipinski definition) is 2. The second-order valence-electron chi connectivity index (χ2n) is 4.13. The summed E-state index contributed by atoms with van der Waals surface area (Å²) in [5, 5.41) is 11.7. The maximum Gasteiger partial charge on any atom is 0.270 e. The summed E-state index contributed by atoms with van der Waals surface area (Å²) in [4.78, 5) is 20.0. The number of aromatic nitrogens is 2. The van der Waals surface area contributed by atoms with Crippen molar-refractivity contribution in [3.05, 3.63) is 23.8 Å². The highest BCUT2D eigenvalue weighted by molar-refractivity contribution is 5.92. The van der Waals surface area contributed by atoms with Crippen molar-refractivity contribution in [3.63, 3.8) is 0 Å². The molecule has 0 radical (unpaired) electrons. The van der Waals surface area contributed by atoms with Crippen LogP contribution in [0.5, 0.6) is 0 Å². The maximum atomic E-state index is 11.6. The van der Waals surface area contributed by atoms with Crippen LogP contribution in [0.3, 0.4) is 0 Å². The van der Waals surface area contributed by atoms with E-state index in [1.807, 2.05) is 0 Å². The minimum absolute atomic E-state index is 0.238. The van der Waals surface area contributed by atoms with Crippen molar-refractivity contribution in [2.24, 2.45) is 0 Å². The van der Waals surface area contributed by atoms with E-state index in [4.69, 9.17) is 5.11 Å². The lowest BCUT2D eigenvalue weighted by molar-refractivity contribution is 0.0918. The van der Waals surface area contributed by atoms with Gasteiger partial charge in [-0.3, -0.25) is 4.79 Å². The molecule has 86 valence electrons. The van der Waals surface area contributed by atoms with E-state index in [9.17, 15) is 4.79 Å². The van der Waals surface area contributed by atoms with Gasteiger partial charge in [-0.15, -0.1) is 0 Å². The van der Waals surface area contributed by atoms with Gasteiger partial charge in [-0.2, -0.15) is 0 Å². The lowest BCUT2D eigenvalue weighted by Gasteiger charge is -2.06. The third-order valence-corrected chi connectivity index (χ3v) is 2.41. The zero-order valence-electron chi connectivity index (χ0n) is 9.18. The first kappa shape index (κ1) is 11.0. The van der Waals surface area contributed by atoms with Crippen LogP contribution < -0.4 is 5.32 Å². The Morgan fingerprint density at radius 1 is 1.69 bits per heavy atom. The highest BCUT2D eigenvalue weighted by Crippen LogP contribution is 2.37. The van der Waals surface area contributed by atoms with Gasteiger partial charge in [0.15, 0.2) is 0 Å². The van der Waals surface area contributed by atoms with Gasteiger partial charge >= 0.3 is 0 Å². The van der Waals surface area contributed by atoms with E-state index in [1.54, 1.807) is 19.2 Å². The average molecular weight is 221 g/mol. The number of carbonyl (C=O) groups is 1. The largest absolute Gasteiger partial charge is 0.392 e. The van der Waals surface area contributed by atoms with Crippen LogP contribution in [-0.4, -0.2) is 33.6 Å². The van der Waals surface area contributed by atoms with E-state index < -0.39 is 6.10 Å². The zero-order valence-corrected chi connectivity index (χ0v) is 9.18. The fraction of sp³-hybridized carbons (Fsp3) is 0.545. The summed E-state index contributed by atoms with van der Waals surface area (Å²) in [5.74, 6) is 0.930.